The van der Waals surface area contributed by atoms with Crippen LogP contribution in [0.3, 0.4) is 0 Å². The number of nitrogens with zero attached hydrogens (tertiary/aromatic N) is 2. The Hall–Kier alpha value is -0.770. The van der Waals surface area contributed by atoms with Crippen LogP contribution in [-0.4, -0.2) is 35.6 Å². The fourth-order valence-electron chi connectivity index (χ4n) is 2.06. The molecule has 0 aliphatic heterocycles. The van der Waals surface area contributed by atoms with Crippen molar-refractivity contribution in [2.24, 2.45) is 22.2 Å². The number of rotatable bonds is 9. The van der Waals surface area contributed by atoms with E-state index in [4.69, 9.17) is 10.9 Å². The molecule has 0 bridgehead atoms. The summed E-state index contributed by atoms with van der Waals surface area (Å²) >= 11 is 0. The molecule has 0 aliphatic rings. The molecule has 0 fully saturated rings. The maximum absolute atomic E-state index is 8.71. The highest BCUT2D eigenvalue weighted by atomic mass is 16.4. The summed E-state index contributed by atoms with van der Waals surface area (Å²) in [5.41, 5.74) is 5.47. The third-order valence-electron chi connectivity index (χ3n) is 3.40. The van der Waals surface area contributed by atoms with Crippen LogP contribution in [0.4, 0.5) is 0 Å². The Kier molecular flexibility index (Phi) is 8.00. The Morgan fingerprint density at radius 2 is 1.94 bits per heavy atom. The van der Waals surface area contributed by atoms with Crippen LogP contribution in [0, 0.1) is 11.3 Å². The van der Waals surface area contributed by atoms with E-state index in [9.17, 15) is 0 Å². The van der Waals surface area contributed by atoms with Crippen molar-refractivity contribution in [3.8, 4) is 0 Å². The molecule has 0 aromatic carbocycles. The smallest absolute Gasteiger partial charge is 0.144 e. The molecule has 0 unspecified atom stereocenters. The summed E-state index contributed by atoms with van der Waals surface area (Å²) in [6, 6.07) is 0. The van der Waals surface area contributed by atoms with E-state index in [2.05, 4.69) is 30.8 Å². The van der Waals surface area contributed by atoms with E-state index in [1.165, 1.54) is 13.0 Å². The van der Waals surface area contributed by atoms with Crippen LogP contribution in [0.1, 0.15) is 53.9 Å². The molecule has 0 aromatic rings. The highest BCUT2D eigenvalue weighted by Crippen LogP contribution is 2.23. The van der Waals surface area contributed by atoms with Gasteiger partial charge in [-0.05, 0) is 31.8 Å². The van der Waals surface area contributed by atoms with Crippen LogP contribution in [0.5, 0.6) is 0 Å². The third-order valence-corrected chi connectivity index (χ3v) is 3.40. The fraction of sp³-hybridized carbons (Fsp3) is 0.929. The molecular formula is C14H31N3O. The molecule has 0 aromatic heterocycles. The maximum atomic E-state index is 8.71. The molecule has 0 heterocycles. The number of hydrogen-bond acceptors (Lipinski definition) is 3. The van der Waals surface area contributed by atoms with Gasteiger partial charge in [0.25, 0.3) is 0 Å². The number of nitrogens with two attached hydrogens (primary N) is 1. The van der Waals surface area contributed by atoms with Gasteiger partial charge in [-0.25, -0.2) is 0 Å². The lowest BCUT2D eigenvalue weighted by atomic mass is 9.86. The maximum Gasteiger partial charge on any atom is 0.144 e. The van der Waals surface area contributed by atoms with Gasteiger partial charge in [-0.15, -0.1) is 0 Å². The van der Waals surface area contributed by atoms with Gasteiger partial charge in [-0.3, -0.25) is 0 Å². The first-order valence-electron chi connectivity index (χ1n) is 7.03. The van der Waals surface area contributed by atoms with Gasteiger partial charge in [0.15, 0.2) is 0 Å². The normalized spacial score (nSPS) is 13.6. The summed E-state index contributed by atoms with van der Waals surface area (Å²) in [5, 5.41) is 11.8. The van der Waals surface area contributed by atoms with Gasteiger partial charge < -0.3 is 15.8 Å². The van der Waals surface area contributed by atoms with Crippen molar-refractivity contribution in [3.63, 3.8) is 0 Å². The van der Waals surface area contributed by atoms with E-state index in [1.807, 2.05) is 13.8 Å². The molecule has 0 rings (SSSR count). The zero-order valence-electron chi connectivity index (χ0n) is 12.7. The van der Waals surface area contributed by atoms with Gasteiger partial charge in [0.1, 0.15) is 5.84 Å². The predicted molar refractivity (Wildman–Crippen MR) is 78.0 cm³/mol. The van der Waals surface area contributed by atoms with Crippen LogP contribution in [0.2, 0.25) is 0 Å². The predicted octanol–water partition coefficient (Wildman–Crippen LogP) is 2.91. The van der Waals surface area contributed by atoms with Crippen LogP contribution < -0.4 is 5.73 Å². The quantitative estimate of drug-likeness (QED) is 0.219. The molecule has 0 radical (unpaired) electrons. The third kappa shape index (κ3) is 6.84. The summed E-state index contributed by atoms with van der Waals surface area (Å²) in [6.07, 6.45) is 3.24. The van der Waals surface area contributed by atoms with Crippen molar-refractivity contribution in [2.45, 2.75) is 53.9 Å². The lowest BCUT2D eigenvalue weighted by molar-refractivity contribution is 0.246. The number of oxime groups is 1. The topological polar surface area (TPSA) is 61.8 Å². The first-order valence-corrected chi connectivity index (χ1v) is 7.03. The monoisotopic (exact) mass is 257 g/mol. The first-order chi connectivity index (χ1) is 8.33. The SMILES string of the molecule is CCN(CCCCC(C)(C)C(N)=NO)CC(C)C. The Morgan fingerprint density at radius 1 is 1.33 bits per heavy atom. The number of unbranched alkanes of at least 4 members (excludes halogenated alkanes) is 1. The second-order valence-electron chi connectivity index (χ2n) is 6.11. The summed E-state index contributed by atoms with van der Waals surface area (Å²) in [6.45, 7) is 14.2. The second-order valence-corrected chi connectivity index (χ2v) is 6.11. The average Bonchev–Trinajstić information content (AvgIpc) is 2.31. The molecule has 0 saturated heterocycles. The van der Waals surface area contributed by atoms with Gasteiger partial charge in [0.2, 0.25) is 0 Å². The molecule has 0 atom stereocenters. The van der Waals surface area contributed by atoms with Gasteiger partial charge in [0.05, 0.1) is 0 Å². The second kappa shape index (κ2) is 8.35. The van der Waals surface area contributed by atoms with E-state index in [-0.39, 0.29) is 5.41 Å². The number of hydrogen-bond donors (Lipinski definition) is 2. The molecular weight excluding hydrogens is 226 g/mol. The highest BCUT2D eigenvalue weighted by Gasteiger charge is 2.22. The molecule has 0 spiro atoms. The van der Waals surface area contributed by atoms with Crippen molar-refractivity contribution < 1.29 is 5.21 Å². The fourth-order valence-corrected chi connectivity index (χ4v) is 2.06. The minimum atomic E-state index is -0.205. The zero-order valence-corrected chi connectivity index (χ0v) is 12.7. The van der Waals surface area contributed by atoms with E-state index >= 15 is 0 Å². The first kappa shape index (κ1) is 17.2. The van der Waals surface area contributed by atoms with E-state index in [0.717, 1.165) is 31.8 Å². The van der Waals surface area contributed by atoms with E-state index < -0.39 is 0 Å². The highest BCUT2D eigenvalue weighted by molar-refractivity contribution is 5.85. The standard InChI is InChI=1S/C14H31N3O/c1-6-17(11-12(2)3)10-8-7-9-14(4,5)13(15)16-18/h12,18H,6-11H2,1-5H3,(H2,15,16). The lowest BCUT2D eigenvalue weighted by Crippen LogP contribution is -2.32. The van der Waals surface area contributed by atoms with Crippen LogP contribution >= 0.6 is 0 Å². The number of amidine groups is 1. The lowest BCUT2D eigenvalue weighted by Gasteiger charge is -2.25. The molecule has 4 nitrogen and oxygen atoms in total. The molecule has 18 heavy (non-hydrogen) atoms. The van der Waals surface area contributed by atoms with Crippen LogP contribution in [-0.2, 0) is 0 Å². The summed E-state index contributed by atoms with van der Waals surface area (Å²) < 4.78 is 0. The molecule has 3 N–H and O–H groups in total. The van der Waals surface area contributed by atoms with Crippen LogP contribution in [0.15, 0.2) is 5.16 Å². The molecule has 0 aliphatic carbocycles. The molecule has 4 heteroatoms. The van der Waals surface area contributed by atoms with Gasteiger partial charge in [0, 0.05) is 12.0 Å². The minimum Gasteiger partial charge on any atom is -0.409 e. The molecule has 0 saturated carbocycles. The Bertz CT molecular complexity index is 249. The van der Waals surface area contributed by atoms with Crippen molar-refractivity contribution in [2.75, 3.05) is 19.6 Å². The van der Waals surface area contributed by atoms with Crippen molar-refractivity contribution >= 4 is 5.84 Å². The average molecular weight is 257 g/mol. The Balaban J connectivity index is 3.91. The zero-order chi connectivity index (χ0) is 14.2. The van der Waals surface area contributed by atoms with E-state index in [0.29, 0.717) is 5.84 Å². The Morgan fingerprint density at radius 3 is 2.39 bits per heavy atom. The summed E-state index contributed by atoms with van der Waals surface area (Å²) in [4.78, 5) is 2.49. The summed E-state index contributed by atoms with van der Waals surface area (Å²) in [7, 11) is 0. The van der Waals surface area contributed by atoms with Gasteiger partial charge in [-0.1, -0.05) is 46.2 Å². The Labute approximate surface area is 112 Å². The van der Waals surface area contributed by atoms with Crippen molar-refractivity contribution in [1.82, 2.24) is 4.90 Å². The van der Waals surface area contributed by atoms with Crippen molar-refractivity contribution in [3.05, 3.63) is 0 Å². The van der Waals surface area contributed by atoms with Gasteiger partial charge in [-0.2, -0.15) is 0 Å². The van der Waals surface area contributed by atoms with Crippen LogP contribution in [0.25, 0.3) is 0 Å². The van der Waals surface area contributed by atoms with Crippen molar-refractivity contribution in [1.29, 1.82) is 0 Å². The molecule has 108 valence electrons. The minimum absolute atomic E-state index is 0.205. The largest absolute Gasteiger partial charge is 0.409 e. The summed E-state index contributed by atoms with van der Waals surface area (Å²) in [5.74, 6) is 1.05. The van der Waals surface area contributed by atoms with E-state index in [1.54, 1.807) is 0 Å². The molecule has 0 amide bonds. The van der Waals surface area contributed by atoms with Gasteiger partial charge >= 0.3 is 0 Å².